The number of ether oxygens (including phenoxy) is 1. The SMILES string of the molecule is CNc1nc(OC)nc2c(F)c(-c3nc(N)cc(C)c3C3CC3)ncc12. The van der Waals surface area contributed by atoms with Gasteiger partial charge in [0.25, 0.3) is 0 Å². The van der Waals surface area contributed by atoms with Crippen LogP contribution in [0.15, 0.2) is 12.3 Å². The summed E-state index contributed by atoms with van der Waals surface area (Å²) in [6.07, 6.45) is 3.68. The number of methoxy groups -OCH3 is 1. The Morgan fingerprint density at radius 2 is 2.00 bits per heavy atom. The maximum absolute atomic E-state index is 15.4. The summed E-state index contributed by atoms with van der Waals surface area (Å²) in [6, 6.07) is 1.90. The zero-order valence-corrected chi connectivity index (χ0v) is 14.8. The van der Waals surface area contributed by atoms with Crippen LogP contribution in [0.2, 0.25) is 0 Å². The molecular formula is C18H19FN6O. The van der Waals surface area contributed by atoms with Gasteiger partial charge in [-0.2, -0.15) is 9.97 Å². The third-order valence-electron chi connectivity index (χ3n) is 4.58. The van der Waals surface area contributed by atoms with Crippen molar-refractivity contribution < 1.29 is 9.13 Å². The van der Waals surface area contributed by atoms with Crippen LogP contribution in [0.3, 0.4) is 0 Å². The van der Waals surface area contributed by atoms with E-state index in [1.807, 2.05) is 13.0 Å². The van der Waals surface area contributed by atoms with Gasteiger partial charge in [0.2, 0.25) is 0 Å². The highest BCUT2D eigenvalue weighted by Crippen LogP contribution is 2.46. The Balaban J connectivity index is 2.01. The predicted octanol–water partition coefficient (Wildman–Crippen LogP) is 3.04. The Morgan fingerprint density at radius 1 is 1.23 bits per heavy atom. The molecule has 134 valence electrons. The molecule has 3 N–H and O–H groups in total. The number of hydrogen-bond acceptors (Lipinski definition) is 7. The van der Waals surface area contributed by atoms with Gasteiger partial charge < -0.3 is 15.8 Å². The second-order valence-electron chi connectivity index (χ2n) is 6.39. The minimum atomic E-state index is -0.556. The largest absolute Gasteiger partial charge is 0.467 e. The van der Waals surface area contributed by atoms with E-state index in [2.05, 4.69) is 25.3 Å². The minimum absolute atomic E-state index is 0.0806. The highest BCUT2D eigenvalue weighted by Gasteiger charge is 2.31. The van der Waals surface area contributed by atoms with Crippen LogP contribution < -0.4 is 15.8 Å². The molecule has 26 heavy (non-hydrogen) atoms. The van der Waals surface area contributed by atoms with Crippen LogP contribution >= 0.6 is 0 Å². The number of fused-ring (bicyclic) bond motifs is 1. The Hall–Kier alpha value is -3.03. The van der Waals surface area contributed by atoms with Gasteiger partial charge in [-0.1, -0.05) is 0 Å². The first-order valence-corrected chi connectivity index (χ1v) is 8.38. The summed E-state index contributed by atoms with van der Waals surface area (Å²) >= 11 is 0. The topological polar surface area (TPSA) is 98.8 Å². The average Bonchev–Trinajstić information content (AvgIpc) is 3.45. The summed E-state index contributed by atoms with van der Waals surface area (Å²) in [6.45, 7) is 1.97. The summed E-state index contributed by atoms with van der Waals surface area (Å²) < 4.78 is 20.5. The number of rotatable bonds is 4. The summed E-state index contributed by atoms with van der Waals surface area (Å²) in [7, 11) is 3.13. The summed E-state index contributed by atoms with van der Waals surface area (Å²) in [5, 5.41) is 3.39. The first-order valence-electron chi connectivity index (χ1n) is 8.38. The van der Waals surface area contributed by atoms with E-state index in [-0.39, 0.29) is 17.2 Å². The molecule has 1 aliphatic rings. The van der Waals surface area contributed by atoms with Crippen LogP contribution in [0.25, 0.3) is 22.3 Å². The van der Waals surface area contributed by atoms with Crippen LogP contribution in [0, 0.1) is 12.7 Å². The molecule has 0 spiro atoms. The standard InChI is InChI=1S/C18H19FN6O/c1-8-6-11(20)23-15(12(8)9-4-5-9)16-13(19)14-10(7-22-16)17(21-2)25-18(24-14)26-3/h6-7,9H,4-5H2,1-3H3,(H2,20,23)(H,21,24,25). The highest BCUT2D eigenvalue weighted by atomic mass is 19.1. The Labute approximate surface area is 149 Å². The minimum Gasteiger partial charge on any atom is -0.467 e. The van der Waals surface area contributed by atoms with Gasteiger partial charge in [-0.25, -0.2) is 9.37 Å². The zero-order valence-electron chi connectivity index (χ0n) is 14.8. The first kappa shape index (κ1) is 16.4. The number of pyridine rings is 2. The number of nitrogens with one attached hydrogen (secondary N) is 1. The molecule has 4 rings (SSSR count). The third-order valence-corrected chi connectivity index (χ3v) is 4.58. The van der Waals surface area contributed by atoms with Gasteiger partial charge in [0.15, 0.2) is 5.82 Å². The normalized spacial score (nSPS) is 13.8. The van der Waals surface area contributed by atoms with Gasteiger partial charge in [0.1, 0.15) is 22.8 Å². The van der Waals surface area contributed by atoms with Gasteiger partial charge in [-0.3, -0.25) is 4.98 Å². The second kappa shape index (κ2) is 6.05. The Kier molecular flexibility index (Phi) is 3.82. The van der Waals surface area contributed by atoms with Crippen molar-refractivity contribution in [1.82, 2.24) is 19.9 Å². The van der Waals surface area contributed by atoms with Crippen molar-refractivity contribution in [2.24, 2.45) is 0 Å². The van der Waals surface area contributed by atoms with E-state index in [0.717, 1.165) is 24.0 Å². The molecular weight excluding hydrogens is 335 g/mol. The Bertz CT molecular complexity index is 1020. The van der Waals surface area contributed by atoms with E-state index in [4.69, 9.17) is 10.5 Å². The van der Waals surface area contributed by atoms with Crippen LogP contribution in [0.4, 0.5) is 16.0 Å². The first-order chi connectivity index (χ1) is 12.5. The fraction of sp³-hybridized carbons (Fsp3) is 0.333. The maximum atomic E-state index is 15.4. The lowest BCUT2D eigenvalue weighted by molar-refractivity contribution is 0.382. The van der Waals surface area contributed by atoms with Crippen molar-refractivity contribution in [3.8, 4) is 17.4 Å². The number of nitrogens with zero attached hydrogens (tertiary/aromatic N) is 4. The van der Waals surface area contributed by atoms with E-state index in [9.17, 15) is 0 Å². The van der Waals surface area contributed by atoms with Gasteiger partial charge in [0, 0.05) is 13.2 Å². The van der Waals surface area contributed by atoms with Crippen molar-refractivity contribution in [2.75, 3.05) is 25.2 Å². The van der Waals surface area contributed by atoms with Crippen molar-refractivity contribution in [2.45, 2.75) is 25.7 Å². The van der Waals surface area contributed by atoms with E-state index in [0.29, 0.717) is 28.6 Å². The molecule has 0 amide bonds. The number of nitrogen functional groups attached to an aromatic ring is 1. The van der Waals surface area contributed by atoms with Gasteiger partial charge >= 0.3 is 6.01 Å². The van der Waals surface area contributed by atoms with Crippen LogP contribution in [-0.4, -0.2) is 34.1 Å². The molecule has 0 bridgehead atoms. The average molecular weight is 354 g/mol. The fourth-order valence-corrected chi connectivity index (χ4v) is 3.26. The van der Waals surface area contributed by atoms with Crippen molar-refractivity contribution >= 4 is 22.5 Å². The van der Waals surface area contributed by atoms with Gasteiger partial charge in [-0.15, -0.1) is 0 Å². The van der Waals surface area contributed by atoms with Crippen LogP contribution in [-0.2, 0) is 0 Å². The number of aromatic nitrogens is 4. The lowest BCUT2D eigenvalue weighted by Crippen LogP contribution is -2.05. The fourth-order valence-electron chi connectivity index (χ4n) is 3.26. The predicted molar refractivity (Wildman–Crippen MR) is 97.7 cm³/mol. The monoisotopic (exact) mass is 354 g/mol. The number of halogens is 1. The molecule has 8 heteroatoms. The van der Waals surface area contributed by atoms with Crippen molar-refractivity contribution in [3.05, 3.63) is 29.2 Å². The molecule has 1 saturated carbocycles. The number of aryl methyl sites for hydroxylation is 1. The quantitative estimate of drug-likeness (QED) is 0.743. The molecule has 3 aromatic rings. The molecule has 3 aromatic heterocycles. The summed E-state index contributed by atoms with van der Waals surface area (Å²) in [5.74, 6) is 0.616. The number of nitrogens with two attached hydrogens (primary N) is 1. The van der Waals surface area contributed by atoms with Gasteiger partial charge in [-0.05, 0) is 42.9 Å². The molecule has 1 aliphatic carbocycles. The van der Waals surface area contributed by atoms with Gasteiger partial charge in [0.05, 0.1) is 18.2 Å². The second-order valence-corrected chi connectivity index (χ2v) is 6.39. The number of hydrogen-bond donors (Lipinski definition) is 2. The molecule has 0 radical (unpaired) electrons. The zero-order chi connectivity index (χ0) is 18.4. The third kappa shape index (κ3) is 2.58. The van der Waals surface area contributed by atoms with Crippen molar-refractivity contribution in [1.29, 1.82) is 0 Å². The van der Waals surface area contributed by atoms with Crippen LogP contribution in [0.5, 0.6) is 6.01 Å². The van der Waals surface area contributed by atoms with E-state index >= 15 is 4.39 Å². The molecule has 0 unspecified atom stereocenters. The molecule has 0 saturated heterocycles. The molecule has 0 atom stereocenters. The lowest BCUT2D eigenvalue weighted by atomic mass is 9.99. The van der Waals surface area contributed by atoms with Crippen molar-refractivity contribution in [3.63, 3.8) is 0 Å². The maximum Gasteiger partial charge on any atom is 0.318 e. The van der Waals surface area contributed by atoms with E-state index < -0.39 is 5.82 Å². The Morgan fingerprint density at radius 3 is 2.65 bits per heavy atom. The number of anilines is 2. The molecule has 1 fully saturated rings. The summed E-state index contributed by atoms with van der Waals surface area (Å²) in [5.41, 5.74) is 8.72. The summed E-state index contributed by atoms with van der Waals surface area (Å²) in [4.78, 5) is 17.1. The van der Waals surface area contributed by atoms with E-state index in [1.54, 1.807) is 13.2 Å². The smallest absolute Gasteiger partial charge is 0.318 e. The molecule has 7 nitrogen and oxygen atoms in total. The highest BCUT2D eigenvalue weighted by molar-refractivity contribution is 5.91. The lowest BCUT2D eigenvalue weighted by Gasteiger charge is -2.14. The molecule has 3 heterocycles. The molecule has 0 aromatic carbocycles. The van der Waals surface area contributed by atoms with Crippen LogP contribution in [0.1, 0.15) is 29.9 Å². The van der Waals surface area contributed by atoms with E-state index in [1.165, 1.54) is 7.11 Å². The molecule has 0 aliphatic heterocycles.